The number of anilines is 1. The van der Waals surface area contributed by atoms with E-state index in [1.54, 1.807) is 23.9 Å². The molecule has 1 heterocycles. The van der Waals surface area contributed by atoms with Gasteiger partial charge in [0.2, 0.25) is 10.0 Å². The number of benzene rings is 1. The van der Waals surface area contributed by atoms with Crippen molar-refractivity contribution in [2.45, 2.75) is 23.8 Å². The van der Waals surface area contributed by atoms with Gasteiger partial charge in [0.15, 0.2) is 0 Å². The van der Waals surface area contributed by atoms with Crippen molar-refractivity contribution in [1.29, 1.82) is 0 Å². The molecule has 0 saturated carbocycles. The lowest BCUT2D eigenvalue weighted by Gasteiger charge is -2.12. The molecule has 2 rings (SSSR count). The van der Waals surface area contributed by atoms with Gasteiger partial charge in [0.05, 0.1) is 5.75 Å². The Balaban J connectivity index is 1.97. The highest BCUT2D eigenvalue weighted by molar-refractivity contribution is 7.98. The monoisotopic (exact) mass is 286 g/mol. The normalized spacial score (nSPS) is 19.9. The summed E-state index contributed by atoms with van der Waals surface area (Å²) in [4.78, 5) is 1.12. The fourth-order valence-electron chi connectivity index (χ4n) is 2.04. The van der Waals surface area contributed by atoms with E-state index in [0.29, 0.717) is 5.69 Å². The van der Waals surface area contributed by atoms with E-state index < -0.39 is 10.0 Å². The maximum atomic E-state index is 12.0. The van der Waals surface area contributed by atoms with Gasteiger partial charge in [0.1, 0.15) is 0 Å². The molecule has 0 aromatic heterocycles. The molecule has 0 radical (unpaired) electrons. The van der Waals surface area contributed by atoms with Crippen LogP contribution in [0, 0.1) is 0 Å². The van der Waals surface area contributed by atoms with Gasteiger partial charge in [-0.3, -0.25) is 4.72 Å². The summed E-state index contributed by atoms with van der Waals surface area (Å²) in [5.41, 5.74) is 0.630. The van der Waals surface area contributed by atoms with Crippen molar-refractivity contribution in [3.8, 4) is 0 Å². The van der Waals surface area contributed by atoms with E-state index in [1.165, 1.54) is 0 Å². The van der Waals surface area contributed by atoms with Crippen LogP contribution >= 0.6 is 11.8 Å². The van der Waals surface area contributed by atoms with Crippen LogP contribution in [0.15, 0.2) is 29.2 Å². The van der Waals surface area contributed by atoms with E-state index in [0.717, 1.165) is 24.3 Å². The van der Waals surface area contributed by atoms with Gasteiger partial charge in [-0.2, -0.15) is 0 Å². The summed E-state index contributed by atoms with van der Waals surface area (Å²) >= 11 is 1.63. The topological polar surface area (TPSA) is 58.2 Å². The SMILES string of the molecule is CSc1ccc(NS(=O)(=O)CC2CCCN2)cc1. The lowest BCUT2D eigenvalue weighted by Crippen LogP contribution is -2.32. The quantitative estimate of drug-likeness (QED) is 0.812. The van der Waals surface area contributed by atoms with Crippen molar-refractivity contribution in [2.24, 2.45) is 0 Å². The van der Waals surface area contributed by atoms with Crippen molar-refractivity contribution in [3.63, 3.8) is 0 Å². The minimum atomic E-state index is -3.26. The van der Waals surface area contributed by atoms with Gasteiger partial charge < -0.3 is 5.32 Å². The van der Waals surface area contributed by atoms with Crippen LogP contribution in [0.5, 0.6) is 0 Å². The van der Waals surface area contributed by atoms with Gasteiger partial charge in [-0.1, -0.05) is 0 Å². The van der Waals surface area contributed by atoms with Gasteiger partial charge in [-0.15, -0.1) is 11.8 Å². The molecule has 100 valence electrons. The van der Waals surface area contributed by atoms with Crippen LogP contribution in [0.3, 0.4) is 0 Å². The Kier molecular flexibility index (Phi) is 4.53. The third kappa shape index (κ3) is 3.90. The Morgan fingerprint density at radius 3 is 2.67 bits per heavy atom. The summed E-state index contributed by atoms with van der Waals surface area (Å²) in [5.74, 6) is 0.150. The predicted octanol–water partition coefficient (Wildman–Crippen LogP) is 1.90. The Hall–Kier alpha value is -0.720. The summed E-state index contributed by atoms with van der Waals surface area (Å²) in [6.45, 7) is 0.919. The van der Waals surface area contributed by atoms with Gasteiger partial charge in [0.25, 0.3) is 0 Å². The van der Waals surface area contributed by atoms with Crippen molar-refractivity contribution in [1.82, 2.24) is 5.32 Å². The van der Waals surface area contributed by atoms with Crippen LogP contribution in [-0.4, -0.2) is 33.0 Å². The predicted molar refractivity (Wildman–Crippen MR) is 76.7 cm³/mol. The maximum absolute atomic E-state index is 12.0. The van der Waals surface area contributed by atoms with E-state index in [4.69, 9.17) is 0 Å². The summed E-state index contributed by atoms with van der Waals surface area (Å²) in [5, 5.41) is 3.19. The van der Waals surface area contributed by atoms with E-state index in [9.17, 15) is 8.42 Å². The largest absolute Gasteiger partial charge is 0.313 e. The first-order valence-corrected chi connectivity index (χ1v) is 8.85. The zero-order chi connectivity index (χ0) is 13.0. The number of nitrogens with one attached hydrogen (secondary N) is 2. The molecular formula is C12H18N2O2S2. The minimum absolute atomic E-state index is 0.0907. The highest BCUT2D eigenvalue weighted by atomic mass is 32.2. The molecule has 1 atom stereocenters. The molecule has 2 N–H and O–H groups in total. The molecule has 0 aliphatic carbocycles. The third-order valence-electron chi connectivity index (χ3n) is 2.95. The molecule has 0 amide bonds. The van der Waals surface area contributed by atoms with Crippen LogP contribution < -0.4 is 10.0 Å². The van der Waals surface area contributed by atoms with Crippen LogP contribution in [0.2, 0.25) is 0 Å². The molecule has 0 bridgehead atoms. The zero-order valence-corrected chi connectivity index (χ0v) is 12.0. The van der Waals surface area contributed by atoms with Crippen LogP contribution in [0.1, 0.15) is 12.8 Å². The van der Waals surface area contributed by atoms with E-state index in [-0.39, 0.29) is 11.8 Å². The zero-order valence-electron chi connectivity index (χ0n) is 10.3. The van der Waals surface area contributed by atoms with Gasteiger partial charge in [-0.25, -0.2) is 8.42 Å². The number of hydrogen-bond donors (Lipinski definition) is 2. The highest BCUT2D eigenvalue weighted by Crippen LogP contribution is 2.18. The molecule has 1 unspecified atom stereocenters. The number of rotatable bonds is 5. The van der Waals surface area contributed by atoms with Crippen molar-refractivity contribution >= 4 is 27.5 Å². The second-order valence-electron chi connectivity index (χ2n) is 4.41. The maximum Gasteiger partial charge on any atom is 0.234 e. The smallest absolute Gasteiger partial charge is 0.234 e. The number of hydrogen-bond acceptors (Lipinski definition) is 4. The number of thioether (sulfide) groups is 1. The summed E-state index contributed by atoms with van der Waals surface area (Å²) in [6, 6.07) is 7.51. The average Bonchev–Trinajstić information content (AvgIpc) is 2.81. The van der Waals surface area contributed by atoms with E-state index in [1.807, 2.05) is 18.4 Å². The van der Waals surface area contributed by atoms with E-state index >= 15 is 0 Å². The summed E-state index contributed by atoms with van der Waals surface area (Å²) in [7, 11) is -3.26. The molecule has 4 nitrogen and oxygen atoms in total. The van der Waals surface area contributed by atoms with Gasteiger partial charge >= 0.3 is 0 Å². The highest BCUT2D eigenvalue weighted by Gasteiger charge is 2.21. The lowest BCUT2D eigenvalue weighted by atomic mass is 10.3. The first kappa shape index (κ1) is 13.7. The van der Waals surface area contributed by atoms with Gasteiger partial charge in [0, 0.05) is 16.6 Å². The second kappa shape index (κ2) is 5.95. The molecular weight excluding hydrogens is 268 g/mol. The minimum Gasteiger partial charge on any atom is -0.313 e. The standard InChI is InChI=1S/C12H18N2O2S2/c1-17-12-6-4-10(5-7-12)14-18(15,16)9-11-3-2-8-13-11/h4-7,11,13-14H,2-3,8-9H2,1H3. The fourth-order valence-corrected chi connectivity index (χ4v) is 3.85. The Morgan fingerprint density at radius 2 is 2.11 bits per heavy atom. The molecule has 1 fully saturated rings. The fraction of sp³-hybridized carbons (Fsp3) is 0.500. The molecule has 18 heavy (non-hydrogen) atoms. The van der Waals surface area contributed by atoms with E-state index in [2.05, 4.69) is 10.0 Å². The summed E-state index contributed by atoms with van der Waals surface area (Å²) < 4.78 is 26.5. The molecule has 6 heteroatoms. The third-order valence-corrected chi connectivity index (χ3v) is 5.08. The Labute approximate surface area is 113 Å². The Bertz CT molecular complexity index is 479. The molecule has 1 saturated heterocycles. The molecule has 1 aromatic rings. The van der Waals surface area contributed by atoms with Crippen LogP contribution in [0.4, 0.5) is 5.69 Å². The molecule has 1 aromatic carbocycles. The van der Waals surface area contributed by atoms with Crippen molar-refractivity contribution in [2.75, 3.05) is 23.3 Å². The Morgan fingerprint density at radius 1 is 1.39 bits per heavy atom. The summed E-state index contributed by atoms with van der Waals surface area (Å²) in [6.07, 6.45) is 3.99. The van der Waals surface area contributed by atoms with Crippen molar-refractivity contribution < 1.29 is 8.42 Å². The average molecular weight is 286 g/mol. The molecule has 1 aliphatic rings. The molecule has 1 aliphatic heterocycles. The lowest BCUT2D eigenvalue weighted by molar-refractivity contribution is 0.582. The van der Waals surface area contributed by atoms with Crippen LogP contribution in [0.25, 0.3) is 0 Å². The van der Waals surface area contributed by atoms with Crippen LogP contribution in [-0.2, 0) is 10.0 Å². The van der Waals surface area contributed by atoms with Gasteiger partial charge in [-0.05, 0) is 49.9 Å². The van der Waals surface area contributed by atoms with Crippen molar-refractivity contribution in [3.05, 3.63) is 24.3 Å². The number of sulfonamides is 1. The molecule has 0 spiro atoms. The first-order valence-electron chi connectivity index (χ1n) is 5.97. The second-order valence-corrected chi connectivity index (χ2v) is 7.05. The first-order chi connectivity index (χ1) is 8.59.